The summed E-state index contributed by atoms with van der Waals surface area (Å²) >= 11 is 0. The van der Waals surface area contributed by atoms with Crippen LogP contribution in [0.4, 0.5) is 0 Å². The molecular weight excluding hydrogens is 164 g/mol. The highest BCUT2D eigenvalue weighted by Crippen LogP contribution is 2.20. The van der Waals surface area contributed by atoms with Gasteiger partial charge in [0.15, 0.2) is 6.19 Å². The zero-order valence-corrected chi connectivity index (χ0v) is 7.19. The lowest BCUT2D eigenvalue weighted by atomic mass is 10.2. The van der Waals surface area contributed by atoms with Crippen molar-refractivity contribution < 1.29 is 4.74 Å². The predicted molar refractivity (Wildman–Crippen MR) is 49.5 cm³/mol. The third-order valence-corrected chi connectivity index (χ3v) is 2.01. The molecule has 0 aliphatic rings. The molecule has 0 saturated carbocycles. The van der Waals surface area contributed by atoms with E-state index in [4.69, 9.17) is 10.00 Å². The van der Waals surface area contributed by atoms with Crippen molar-refractivity contribution >= 4 is 10.9 Å². The standard InChI is InChI=1S/C10H8N2O/c1-13-9-2-3-10-8(6-9)4-5-12(10)7-11/h2-6H,1H3. The van der Waals surface area contributed by atoms with E-state index < -0.39 is 0 Å². The van der Waals surface area contributed by atoms with E-state index in [0.717, 1.165) is 16.7 Å². The van der Waals surface area contributed by atoms with E-state index in [1.807, 2.05) is 24.3 Å². The fourth-order valence-corrected chi connectivity index (χ4v) is 1.33. The molecule has 0 bridgehead atoms. The minimum Gasteiger partial charge on any atom is -0.497 e. The van der Waals surface area contributed by atoms with Crippen LogP contribution in [0.15, 0.2) is 30.5 Å². The van der Waals surface area contributed by atoms with Crippen LogP contribution >= 0.6 is 0 Å². The topological polar surface area (TPSA) is 38.0 Å². The van der Waals surface area contributed by atoms with Crippen LogP contribution in [0.5, 0.6) is 5.75 Å². The molecule has 2 rings (SSSR count). The zero-order chi connectivity index (χ0) is 9.26. The van der Waals surface area contributed by atoms with E-state index in [0.29, 0.717) is 0 Å². The first-order valence-corrected chi connectivity index (χ1v) is 3.90. The van der Waals surface area contributed by atoms with Gasteiger partial charge in [-0.3, -0.25) is 4.57 Å². The summed E-state index contributed by atoms with van der Waals surface area (Å²) in [6, 6.07) is 7.51. The summed E-state index contributed by atoms with van der Waals surface area (Å²) < 4.78 is 6.60. The molecule has 1 aromatic carbocycles. The van der Waals surface area contributed by atoms with Crippen LogP contribution in [0.3, 0.4) is 0 Å². The van der Waals surface area contributed by atoms with Crippen LogP contribution in [-0.4, -0.2) is 11.7 Å². The van der Waals surface area contributed by atoms with Crippen molar-refractivity contribution in [3.8, 4) is 11.9 Å². The van der Waals surface area contributed by atoms with Gasteiger partial charge < -0.3 is 4.74 Å². The van der Waals surface area contributed by atoms with Crippen molar-refractivity contribution in [3.05, 3.63) is 30.5 Å². The van der Waals surface area contributed by atoms with Crippen LogP contribution in [0.25, 0.3) is 10.9 Å². The maximum Gasteiger partial charge on any atom is 0.188 e. The highest BCUT2D eigenvalue weighted by Gasteiger charge is 2.00. The maximum absolute atomic E-state index is 8.73. The number of methoxy groups -OCH3 is 1. The van der Waals surface area contributed by atoms with E-state index >= 15 is 0 Å². The van der Waals surface area contributed by atoms with Crippen LogP contribution in [0.2, 0.25) is 0 Å². The normalized spacial score (nSPS) is 9.85. The number of aromatic nitrogens is 1. The summed E-state index contributed by atoms with van der Waals surface area (Å²) in [5, 5.41) is 9.75. The molecule has 1 heterocycles. The first-order chi connectivity index (χ1) is 6.35. The second-order valence-corrected chi connectivity index (χ2v) is 2.71. The fraction of sp³-hybridized carbons (Fsp3) is 0.100. The van der Waals surface area contributed by atoms with E-state index in [1.54, 1.807) is 13.3 Å². The number of nitriles is 1. The average Bonchev–Trinajstić information content (AvgIpc) is 2.59. The van der Waals surface area contributed by atoms with Crippen LogP contribution in [-0.2, 0) is 0 Å². The van der Waals surface area contributed by atoms with Gasteiger partial charge in [0, 0.05) is 11.6 Å². The minimum absolute atomic E-state index is 0.809. The lowest BCUT2D eigenvalue weighted by Gasteiger charge is -1.98. The molecule has 3 heteroatoms. The Balaban J connectivity index is 2.70. The van der Waals surface area contributed by atoms with E-state index in [9.17, 15) is 0 Å². The number of hydrogen-bond acceptors (Lipinski definition) is 2. The Labute approximate surface area is 75.8 Å². The third-order valence-electron chi connectivity index (χ3n) is 2.01. The number of rotatable bonds is 1. The number of fused-ring (bicyclic) bond motifs is 1. The van der Waals surface area contributed by atoms with E-state index in [1.165, 1.54) is 4.57 Å². The van der Waals surface area contributed by atoms with Gasteiger partial charge in [-0.05, 0) is 24.3 Å². The highest BCUT2D eigenvalue weighted by molar-refractivity contribution is 5.82. The molecule has 0 amide bonds. The molecule has 2 aromatic rings. The molecule has 0 unspecified atom stereocenters. The molecule has 13 heavy (non-hydrogen) atoms. The van der Waals surface area contributed by atoms with Crippen molar-refractivity contribution in [1.29, 1.82) is 5.26 Å². The van der Waals surface area contributed by atoms with Crippen LogP contribution < -0.4 is 4.74 Å². The van der Waals surface area contributed by atoms with Crippen molar-refractivity contribution in [2.45, 2.75) is 0 Å². The summed E-state index contributed by atoms with van der Waals surface area (Å²) in [4.78, 5) is 0. The first kappa shape index (κ1) is 7.69. The summed E-state index contributed by atoms with van der Waals surface area (Å²) in [5.74, 6) is 0.809. The smallest absolute Gasteiger partial charge is 0.188 e. The minimum atomic E-state index is 0.809. The van der Waals surface area contributed by atoms with Gasteiger partial charge in [-0.1, -0.05) is 0 Å². The molecule has 1 aromatic heterocycles. The highest BCUT2D eigenvalue weighted by atomic mass is 16.5. The number of nitrogens with zero attached hydrogens (tertiary/aromatic N) is 2. The van der Waals surface area contributed by atoms with Crippen molar-refractivity contribution in [3.63, 3.8) is 0 Å². The summed E-state index contributed by atoms with van der Waals surface area (Å²) in [6.07, 6.45) is 3.80. The van der Waals surface area contributed by atoms with Gasteiger partial charge in [0.25, 0.3) is 0 Å². The molecule has 0 N–H and O–H groups in total. The average molecular weight is 172 g/mol. The molecule has 0 fully saturated rings. The molecule has 3 nitrogen and oxygen atoms in total. The quantitative estimate of drug-likeness (QED) is 0.659. The summed E-state index contributed by atoms with van der Waals surface area (Å²) in [5.41, 5.74) is 0.906. The number of ether oxygens (including phenoxy) is 1. The van der Waals surface area contributed by atoms with Gasteiger partial charge in [0.1, 0.15) is 5.75 Å². The monoisotopic (exact) mass is 172 g/mol. The van der Waals surface area contributed by atoms with Crippen LogP contribution in [0, 0.1) is 11.5 Å². The Morgan fingerprint density at radius 3 is 2.92 bits per heavy atom. The lowest BCUT2D eigenvalue weighted by molar-refractivity contribution is 0.415. The van der Waals surface area contributed by atoms with Gasteiger partial charge in [0.2, 0.25) is 0 Å². The Morgan fingerprint density at radius 2 is 2.23 bits per heavy atom. The Morgan fingerprint density at radius 1 is 1.38 bits per heavy atom. The molecule has 0 aliphatic carbocycles. The largest absolute Gasteiger partial charge is 0.497 e. The SMILES string of the molecule is COc1ccc2c(ccn2C#N)c1. The molecule has 0 radical (unpaired) electrons. The van der Waals surface area contributed by atoms with Gasteiger partial charge in [-0.15, -0.1) is 0 Å². The van der Waals surface area contributed by atoms with Crippen molar-refractivity contribution in [1.82, 2.24) is 4.57 Å². The predicted octanol–water partition coefficient (Wildman–Crippen LogP) is 1.98. The third kappa shape index (κ3) is 1.13. The Kier molecular flexibility index (Phi) is 1.67. The van der Waals surface area contributed by atoms with Gasteiger partial charge in [-0.2, -0.15) is 5.26 Å². The van der Waals surface area contributed by atoms with E-state index in [2.05, 4.69) is 6.19 Å². The van der Waals surface area contributed by atoms with Crippen molar-refractivity contribution in [2.24, 2.45) is 0 Å². The maximum atomic E-state index is 8.73. The van der Waals surface area contributed by atoms with Gasteiger partial charge in [-0.25, -0.2) is 0 Å². The second kappa shape index (κ2) is 2.83. The summed E-state index contributed by atoms with van der Waals surface area (Å²) in [7, 11) is 1.63. The zero-order valence-electron chi connectivity index (χ0n) is 7.19. The number of hydrogen-bond donors (Lipinski definition) is 0. The number of benzene rings is 1. The molecule has 0 atom stereocenters. The van der Waals surface area contributed by atoms with E-state index in [-0.39, 0.29) is 0 Å². The molecule has 0 aliphatic heterocycles. The molecular formula is C10H8N2O. The first-order valence-electron chi connectivity index (χ1n) is 3.90. The lowest BCUT2D eigenvalue weighted by Crippen LogP contribution is -1.85. The van der Waals surface area contributed by atoms with Crippen molar-refractivity contribution in [2.75, 3.05) is 7.11 Å². The molecule has 64 valence electrons. The second-order valence-electron chi connectivity index (χ2n) is 2.71. The Bertz CT molecular complexity index is 479. The fourth-order valence-electron chi connectivity index (χ4n) is 1.33. The molecule has 0 saturated heterocycles. The van der Waals surface area contributed by atoms with Crippen LogP contribution in [0.1, 0.15) is 0 Å². The Hall–Kier alpha value is -1.95. The summed E-state index contributed by atoms with van der Waals surface area (Å²) in [6.45, 7) is 0. The van der Waals surface area contributed by atoms with Gasteiger partial charge in [0.05, 0.1) is 12.6 Å². The molecule has 0 spiro atoms. The van der Waals surface area contributed by atoms with Gasteiger partial charge >= 0.3 is 0 Å².